The smallest absolute Gasteiger partial charge is 0.240 e. The molecule has 0 radical (unpaired) electrons. The zero-order valence-electron chi connectivity index (χ0n) is 14.2. The summed E-state index contributed by atoms with van der Waals surface area (Å²) in [6.45, 7) is 1.84. The fourth-order valence-corrected chi connectivity index (χ4v) is 4.16. The summed E-state index contributed by atoms with van der Waals surface area (Å²) in [4.78, 5) is 13.0. The molecule has 0 fully saturated rings. The lowest BCUT2D eigenvalue weighted by molar-refractivity contribution is -0.116. The fraction of sp³-hybridized carbons (Fsp3) is 0.167. The number of carbonyl (C=O) groups excluding carboxylic acids is 1. The van der Waals surface area contributed by atoms with Gasteiger partial charge in [0.15, 0.2) is 0 Å². The Hall–Kier alpha value is -2.58. The van der Waals surface area contributed by atoms with E-state index in [4.69, 9.17) is 11.6 Å². The van der Waals surface area contributed by atoms with E-state index in [1.807, 2.05) is 37.3 Å². The van der Waals surface area contributed by atoms with Crippen molar-refractivity contribution in [3.8, 4) is 0 Å². The Morgan fingerprint density at radius 1 is 1.26 bits per heavy atom. The first kappa shape index (κ1) is 17.8. The molecule has 2 atom stereocenters. The second kappa shape index (κ2) is 7.21. The average Bonchev–Trinajstić information content (AvgIpc) is 3.04. The maximum Gasteiger partial charge on any atom is 0.240 e. The van der Waals surface area contributed by atoms with Crippen molar-refractivity contribution in [1.82, 2.24) is 14.9 Å². The highest BCUT2D eigenvalue weighted by atomic mass is 35.5. The molecular weight excluding hydrogens is 389 g/mol. The molecule has 1 aliphatic rings. The van der Waals surface area contributed by atoms with Crippen LogP contribution in [0.25, 0.3) is 0 Å². The zero-order valence-corrected chi connectivity index (χ0v) is 15.8. The number of carbonyl (C=O) groups is 1. The molecule has 0 saturated heterocycles. The van der Waals surface area contributed by atoms with E-state index < -0.39 is 11.1 Å². The summed E-state index contributed by atoms with van der Waals surface area (Å²) in [5, 5.41) is 11.0. The lowest BCUT2D eigenvalue weighted by Gasteiger charge is -2.32. The van der Waals surface area contributed by atoms with Gasteiger partial charge in [-0.25, -0.2) is 9.07 Å². The lowest BCUT2D eigenvalue weighted by Crippen LogP contribution is -2.41. The summed E-state index contributed by atoms with van der Waals surface area (Å²) >= 11 is 7.14. The first-order valence-electron chi connectivity index (χ1n) is 8.19. The Labute approximate surface area is 164 Å². The molecule has 2 aromatic carbocycles. The van der Waals surface area contributed by atoms with Crippen LogP contribution in [-0.4, -0.2) is 26.0 Å². The van der Waals surface area contributed by atoms with Gasteiger partial charge in [0.2, 0.25) is 11.1 Å². The molecule has 1 amide bonds. The third-order valence-corrected chi connectivity index (χ3v) is 5.71. The maximum absolute atomic E-state index is 13.4. The zero-order chi connectivity index (χ0) is 19.0. The van der Waals surface area contributed by atoms with Crippen molar-refractivity contribution in [3.63, 3.8) is 0 Å². The van der Waals surface area contributed by atoms with Crippen molar-refractivity contribution in [2.75, 3.05) is 10.7 Å². The highest BCUT2D eigenvalue weighted by molar-refractivity contribution is 8.00. The van der Waals surface area contributed by atoms with Gasteiger partial charge in [0, 0.05) is 5.69 Å². The highest BCUT2D eigenvalue weighted by Gasteiger charge is 2.37. The number of nitrogens with zero attached hydrogens (tertiary/aromatic N) is 3. The lowest BCUT2D eigenvalue weighted by atomic mass is 10.0. The number of aromatic nitrogens is 3. The Balaban J connectivity index is 1.65. The Morgan fingerprint density at radius 3 is 2.78 bits per heavy atom. The number of hydrogen-bond acceptors (Lipinski definition) is 5. The molecule has 9 heteroatoms. The molecule has 27 heavy (non-hydrogen) atoms. The molecule has 6 nitrogen and oxygen atoms in total. The van der Waals surface area contributed by atoms with Crippen LogP contribution < -0.4 is 10.7 Å². The van der Waals surface area contributed by atoms with Gasteiger partial charge in [-0.15, -0.1) is 10.2 Å². The van der Waals surface area contributed by atoms with E-state index in [-0.39, 0.29) is 17.0 Å². The van der Waals surface area contributed by atoms with E-state index in [9.17, 15) is 9.18 Å². The van der Waals surface area contributed by atoms with Crippen molar-refractivity contribution in [1.29, 1.82) is 0 Å². The number of amides is 1. The van der Waals surface area contributed by atoms with Crippen LogP contribution in [0.5, 0.6) is 0 Å². The van der Waals surface area contributed by atoms with Crippen molar-refractivity contribution < 1.29 is 9.18 Å². The van der Waals surface area contributed by atoms with E-state index >= 15 is 0 Å². The number of anilines is 1. The van der Waals surface area contributed by atoms with E-state index in [1.165, 1.54) is 30.0 Å². The first-order valence-corrected chi connectivity index (χ1v) is 9.45. The summed E-state index contributed by atoms with van der Waals surface area (Å²) in [6.07, 6.45) is 0. The van der Waals surface area contributed by atoms with E-state index in [1.54, 1.807) is 4.68 Å². The maximum atomic E-state index is 13.4. The third kappa shape index (κ3) is 3.50. The molecule has 3 aromatic rings. The molecule has 2 N–H and O–H groups in total. The van der Waals surface area contributed by atoms with Crippen molar-refractivity contribution in [3.05, 3.63) is 70.8 Å². The SMILES string of the molecule is Cc1nnc2n1N[C@H](c1ccccc1)[C@@H](C(=O)Nc1ccc(F)c(Cl)c1)S2. The van der Waals surface area contributed by atoms with Crippen LogP contribution in [0.15, 0.2) is 53.7 Å². The van der Waals surface area contributed by atoms with Gasteiger partial charge in [0.05, 0.1) is 11.1 Å². The number of thioether (sulfide) groups is 1. The summed E-state index contributed by atoms with van der Waals surface area (Å²) in [6, 6.07) is 13.5. The van der Waals surface area contributed by atoms with Gasteiger partial charge >= 0.3 is 0 Å². The summed E-state index contributed by atoms with van der Waals surface area (Å²) < 4.78 is 15.1. The first-order chi connectivity index (χ1) is 13.0. The minimum absolute atomic E-state index is 0.0443. The molecule has 1 aliphatic heterocycles. The summed E-state index contributed by atoms with van der Waals surface area (Å²) in [5.41, 5.74) is 4.71. The third-order valence-electron chi connectivity index (χ3n) is 4.20. The second-order valence-corrected chi connectivity index (χ2v) is 7.56. The van der Waals surface area contributed by atoms with Crippen molar-refractivity contribution in [2.24, 2.45) is 0 Å². The predicted molar refractivity (Wildman–Crippen MR) is 103 cm³/mol. The quantitative estimate of drug-likeness (QED) is 0.696. The molecule has 0 spiro atoms. The van der Waals surface area contributed by atoms with E-state index in [0.29, 0.717) is 16.7 Å². The van der Waals surface area contributed by atoms with Crippen LogP contribution in [-0.2, 0) is 4.79 Å². The number of hydrogen-bond donors (Lipinski definition) is 2. The molecule has 0 aliphatic carbocycles. The van der Waals surface area contributed by atoms with Crippen molar-refractivity contribution >= 4 is 35.0 Å². The molecule has 0 saturated carbocycles. The molecule has 138 valence electrons. The Bertz CT molecular complexity index is 997. The topological polar surface area (TPSA) is 71.8 Å². The number of benzene rings is 2. The number of fused-ring (bicyclic) bond motifs is 1. The average molecular weight is 404 g/mol. The number of nitrogens with one attached hydrogen (secondary N) is 2. The van der Waals surface area contributed by atoms with E-state index in [0.717, 1.165) is 5.56 Å². The fourth-order valence-electron chi connectivity index (χ4n) is 2.86. The van der Waals surface area contributed by atoms with Gasteiger partial charge in [-0.05, 0) is 30.7 Å². The molecule has 0 unspecified atom stereocenters. The van der Waals surface area contributed by atoms with E-state index in [2.05, 4.69) is 20.9 Å². The van der Waals surface area contributed by atoms with Crippen LogP contribution in [0.4, 0.5) is 10.1 Å². The van der Waals surface area contributed by atoms with Gasteiger partial charge in [0.1, 0.15) is 16.9 Å². The van der Waals surface area contributed by atoms with Crippen LogP contribution in [0.3, 0.4) is 0 Å². The molecule has 0 bridgehead atoms. The van der Waals surface area contributed by atoms with Crippen molar-refractivity contribution in [2.45, 2.75) is 23.4 Å². The number of aryl methyl sites for hydroxylation is 1. The number of halogens is 2. The summed E-state index contributed by atoms with van der Waals surface area (Å²) in [5.74, 6) is -0.0624. The monoisotopic (exact) mass is 403 g/mol. The van der Waals surface area contributed by atoms with Gasteiger partial charge in [-0.1, -0.05) is 53.7 Å². The molecule has 2 heterocycles. The highest BCUT2D eigenvalue weighted by Crippen LogP contribution is 2.37. The number of rotatable bonds is 3. The predicted octanol–water partition coefficient (Wildman–Crippen LogP) is 3.78. The van der Waals surface area contributed by atoms with Crippen LogP contribution in [0.2, 0.25) is 5.02 Å². The normalized spacial score (nSPS) is 18.5. The van der Waals surface area contributed by atoms with Crippen LogP contribution in [0, 0.1) is 12.7 Å². The molecule has 1 aromatic heterocycles. The largest absolute Gasteiger partial charge is 0.325 e. The second-order valence-electron chi connectivity index (χ2n) is 6.04. The summed E-state index contributed by atoms with van der Waals surface area (Å²) in [7, 11) is 0. The minimum atomic E-state index is -0.533. The van der Waals surface area contributed by atoms with Crippen LogP contribution in [0.1, 0.15) is 17.4 Å². The Morgan fingerprint density at radius 2 is 2.04 bits per heavy atom. The molecule has 4 rings (SSSR count). The van der Waals surface area contributed by atoms with Gasteiger partial charge in [-0.2, -0.15) is 0 Å². The molecular formula is C18H15ClFN5OS. The minimum Gasteiger partial charge on any atom is -0.325 e. The van der Waals surface area contributed by atoms with Gasteiger partial charge in [-0.3, -0.25) is 4.79 Å². The van der Waals surface area contributed by atoms with Gasteiger partial charge in [0.25, 0.3) is 0 Å². The van der Waals surface area contributed by atoms with Crippen LogP contribution >= 0.6 is 23.4 Å². The standard InChI is InChI=1S/C18H15ClFN5OS/c1-10-22-23-18-25(10)24-15(11-5-3-2-4-6-11)16(27-18)17(26)21-12-7-8-14(20)13(19)9-12/h2-9,15-16,24H,1H3,(H,21,26)/t15-,16+/m1/s1. The Kier molecular flexibility index (Phi) is 4.75. The van der Waals surface area contributed by atoms with Gasteiger partial charge < -0.3 is 10.7 Å².